The van der Waals surface area contributed by atoms with Gasteiger partial charge in [0.2, 0.25) is 5.75 Å². The molecule has 0 radical (unpaired) electrons. The first-order valence-corrected chi connectivity index (χ1v) is 5.79. The van der Waals surface area contributed by atoms with Gasteiger partial charge in [0, 0.05) is 17.5 Å². The van der Waals surface area contributed by atoms with Crippen LogP contribution in [0, 0.1) is 6.92 Å². The molecule has 1 heterocycles. The van der Waals surface area contributed by atoms with E-state index in [0.29, 0.717) is 23.1 Å². The number of aromatic nitrogens is 2. The average Bonchev–Trinajstić information content (AvgIpc) is 2.45. The molecular formula is C14H16N2O3. The van der Waals surface area contributed by atoms with Crippen LogP contribution in [0.1, 0.15) is 5.69 Å². The first kappa shape index (κ1) is 13.1. The van der Waals surface area contributed by atoms with E-state index < -0.39 is 0 Å². The zero-order chi connectivity index (χ0) is 13.8. The van der Waals surface area contributed by atoms with E-state index in [1.54, 1.807) is 27.5 Å². The lowest BCUT2D eigenvalue weighted by atomic mass is 10.1. The van der Waals surface area contributed by atoms with E-state index in [9.17, 15) is 0 Å². The smallest absolute Gasteiger partial charge is 0.203 e. The summed E-state index contributed by atoms with van der Waals surface area (Å²) in [4.78, 5) is 8.64. The summed E-state index contributed by atoms with van der Waals surface area (Å²) in [7, 11) is 4.74. The van der Waals surface area contributed by atoms with E-state index in [1.165, 1.54) is 0 Å². The van der Waals surface area contributed by atoms with Crippen LogP contribution < -0.4 is 14.2 Å². The molecule has 0 aliphatic carbocycles. The van der Waals surface area contributed by atoms with Gasteiger partial charge in [-0.15, -0.1) is 0 Å². The number of methoxy groups -OCH3 is 3. The average molecular weight is 260 g/mol. The van der Waals surface area contributed by atoms with Gasteiger partial charge < -0.3 is 14.2 Å². The topological polar surface area (TPSA) is 53.5 Å². The van der Waals surface area contributed by atoms with Gasteiger partial charge in [-0.3, -0.25) is 0 Å². The molecule has 0 atom stereocenters. The van der Waals surface area contributed by atoms with Gasteiger partial charge in [-0.05, 0) is 25.1 Å². The van der Waals surface area contributed by atoms with E-state index in [2.05, 4.69) is 9.97 Å². The minimum absolute atomic E-state index is 0.557. The van der Waals surface area contributed by atoms with Crippen molar-refractivity contribution in [3.8, 4) is 28.6 Å². The monoisotopic (exact) mass is 260 g/mol. The third kappa shape index (κ3) is 2.59. The lowest BCUT2D eigenvalue weighted by Crippen LogP contribution is -1.97. The van der Waals surface area contributed by atoms with E-state index in [4.69, 9.17) is 14.2 Å². The van der Waals surface area contributed by atoms with Crippen molar-refractivity contribution in [2.45, 2.75) is 6.92 Å². The van der Waals surface area contributed by atoms with Gasteiger partial charge in [-0.1, -0.05) is 0 Å². The molecule has 19 heavy (non-hydrogen) atoms. The second kappa shape index (κ2) is 5.56. The third-order valence-electron chi connectivity index (χ3n) is 2.72. The van der Waals surface area contributed by atoms with Crippen LogP contribution in [-0.2, 0) is 0 Å². The Morgan fingerprint density at radius 1 is 0.947 bits per heavy atom. The predicted octanol–water partition coefficient (Wildman–Crippen LogP) is 2.48. The maximum atomic E-state index is 5.31. The highest BCUT2D eigenvalue weighted by Gasteiger charge is 2.15. The second-order valence-corrected chi connectivity index (χ2v) is 3.94. The Labute approximate surface area is 112 Å². The van der Waals surface area contributed by atoms with Crippen LogP contribution in [0.4, 0.5) is 0 Å². The summed E-state index contributed by atoms with van der Waals surface area (Å²) < 4.78 is 15.9. The van der Waals surface area contributed by atoms with E-state index >= 15 is 0 Å². The van der Waals surface area contributed by atoms with Gasteiger partial charge in [-0.25, -0.2) is 9.97 Å². The molecule has 2 aromatic rings. The van der Waals surface area contributed by atoms with Crippen molar-refractivity contribution in [3.05, 3.63) is 30.1 Å². The van der Waals surface area contributed by atoms with E-state index in [1.807, 2.05) is 25.1 Å². The van der Waals surface area contributed by atoms with Crippen LogP contribution in [0.2, 0.25) is 0 Å². The Bertz CT molecular complexity index is 560. The molecule has 0 aliphatic rings. The molecule has 2 rings (SSSR count). The molecule has 1 aromatic heterocycles. The van der Waals surface area contributed by atoms with Crippen LogP contribution in [0.25, 0.3) is 11.4 Å². The van der Waals surface area contributed by atoms with Crippen LogP contribution in [0.3, 0.4) is 0 Å². The lowest BCUT2D eigenvalue weighted by molar-refractivity contribution is 0.324. The van der Waals surface area contributed by atoms with Gasteiger partial charge in [-0.2, -0.15) is 0 Å². The van der Waals surface area contributed by atoms with Gasteiger partial charge in [0.25, 0.3) is 0 Å². The molecule has 0 spiro atoms. The number of hydrogen-bond acceptors (Lipinski definition) is 5. The number of aryl methyl sites for hydroxylation is 1. The highest BCUT2D eigenvalue weighted by atomic mass is 16.5. The largest absolute Gasteiger partial charge is 0.493 e. The van der Waals surface area contributed by atoms with Crippen molar-refractivity contribution in [3.63, 3.8) is 0 Å². The molecule has 0 amide bonds. The van der Waals surface area contributed by atoms with Gasteiger partial charge in [0.05, 0.1) is 21.3 Å². The predicted molar refractivity (Wildman–Crippen MR) is 71.9 cm³/mol. The zero-order valence-corrected chi connectivity index (χ0v) is 11.4. The summed E-state index contributed by atoms with van der Waals surface area (Å²) in [6, 6.07) is 5.51. The van der Waals surface area contributed by atoms with Crippen LogP contribution in [0.15, 0.2) is 24.4 Å². The van der Waals surface area contributed by atoms with Crippen molar-refractivity contribution in [2.24, 2.45) is 0 Å². The SMILES string of the molecule is COc1cc(-c2nccc(C)n2)cc(OC)c1OC. The number of rotatable bonds is 4. The molecular weight excluding hydrogens is 244 g/mol. The van der Waals surface area contributed by atoms with Gasteiger partial charge in [0.1, 0.15) is 0 Å². The lowest BCUT2D eigenvalue weighted by Gasteiger charge is -2.13. The van der Waals surface area contributed by atoms with Gasteiger partial charge in [0.15, 0.2) is 17.3 Å². The Hall–Kier alpha value is -2.30. The fourth-order valence-electron chi connectivity index (χ4n) is 1.80. The molecule has 0 fully saturated rings. The minimum Gasteiger partial charge on any atom is -0.493 e. The van der Waals surface area contributed by atoms with Crippen molar-refractivity contribution < 1.29 is 14.2 Å². The number of hydrogen-bond donors (Lipinski definition) is 0. The van der Waals surface area contributed by atoms with Crippen LogP contribution in [0.5, 0.6) is 17.2 Å². The van der Waals surface area contributed by atoms with Crippen LogP contribution >= 0.6 is 0 Å². The molecule has 5 nitrogen and oxygen atoms in total. The third-order valence-corrected chi connectivity index (χ3v) is 2.72. The highest BCUT2D eigenvalue weighted by molar-refractivity contribution is 5.66. The van der Waals surface area contributed by atoms with Crippen molar-refractivity contribution in [1.29, 1.82) is 0 Å². The molecule has 0 N–H and O–H groups in total. The first-order chi connectivity index (χ1) is 9.19. The first-order valence-electron chi connectivity index (χ1n) is 5.79. The summed E-state index contributed by atoms with van der Waals surface area (Å²) in [6.45, 7) is 1.92. The zero-order valence-electron chi connectivity index (χ0n) is 11.4. The van der Waals surface area contributed by atoms with Crippen molar-refractivity contribution in [1.82, 2.24) is 9.97 Å². The fraction of sp³-hybridized carbons (Fsp3) is 0.286. The molecule has 0 saturated heterocycles. The van der Waals surface area contributed by atoms with E-state index in [-0.39, 0.29) is 0 Å². The maximum absolute atomic E-state index is 5.31. The summed E-state index contributed by atoms with van der Waals surface area (Å²) in [6.07, 6.45) is 1.72. The summed E-state index contributed by atoms with van der Waals surface area (Å²) in [5.74, 6) is 2.35. The van der Waals surface area contributed by atoms with Crippen molar-refractivity contribution in [2.75, 3.05) is 21.3 Å². The van der Waals surface area contributed by atoms with Crippen LogP contribution in [-0.4, -0.2) is 31.3 Å². The number of nitrogens with zero attached hydrogens (tertiary/aromatic N) is 2. The summed E-state index contributed by atoms with van der Waals surface area (Å²) >= 11 is 0. The standard InChI is InChI=1S/C14H16N2O3/c1-9-5-6-15-14(16-9)10-7-11(17-2)13(19-4)12(8-10)18-3/h5-8H,1-4H3. The molecule has 0 aliphatic heterocycles. The van der Waals surface area contributed by atoms with E-state index in [0.717, 1.165) is 11.3 Å². The molecule has 1 aromatic carbocycles. The minimum atomic E-state index is 0.557. The fourth-order valence-corrected chi connectivity index (χ4v) is 1.80. The molecule has 100 valence electrons. The summed E-state index contributed by atoms with van der Waals surface area (Å²) in [5.41, 5.74) is 1.72. The normalized spacial score (nSPS) is 10.1. The second-order valence-electron chi connectivity index (χ2n) is 3.94. The molecule has 0 bridgehead atoms. The van der Waals surface area contributed by atoms with Gasteiger partial charge >= 0.3 is 0 Å². The maximum Gasteiger partial charge on any atom is 0.203 e. The molecule has 0 unspecified atom stereocenters. The Balaban J connectivity index is 2.59. The highest BCUT2D eigenvalue weighted by Crippen LogP contribution is 2.40. The Kier molecular flexibility index (Phi) is 3.85. The molecule has 5 heteroatoms. The number of benzene rings is 1. The molecule has 0 saturated carbocycles. The Morgan fingerprint density at radius 3 is 2.05 bits per heavy atom. The number of ether oxygens (including phenoxy) is 3. The summed E-state index contributed by atoms with van der Waals surface area (Å²) in [5, 5.41) is 0. The quantitative estimate of drug-likeness (QED) is 0.845. The van der Waals surface area contributed by atoms with Crippen molar-refractivity contribution >= 4 is 0 Å². The Morgan fingerprint density at radius 2 is 1.58 bits per heavy atom.